The first-order chi connectivity index (χ1) is 16.5. The number of piperidine rings is 1. The summed E-state index contributed by atoms with van der Waals surface area (Å²) >= 11 is 0. The van der Waals surface area contributed by atoms with E-state index in [9.17, 15) is 5.11 Å². The van der Waals surface area contributed by atoms with Crippen LogP contribution in [0.3, 0.4) is 0 Å². The zero-order chi connectivity index (χ0) is 23.7. The average molecular weight is 462 g/mol. The van der Waals surface area contributed by atoms with E-state index in [0.29, 0.717) is 41.3 Å². The Bertz CT molecular complexity index is 1270. The maximum absolute atomic E-state index is 10.6. The quantitative estimate of drug-likeness (QED) is 0.413. The van der Waals surface area contributed by atoms with Crippen LogP contribution in [-0.2, 0) is 0 Å². The molecule has 2 aromatic heterocycles. The van der Waals surface area contributed by atoms with Gasteiger partial charge in [-0.3, -0.25) is 0 Å². The first-order valence-electron chi connectivity index (χ1n) is 11.9. The second-order valence-corrected chi connectivity index (χ2v) is 9.29. The van der Waals surface area contributed by atoms with E-state index in [1.807, 2.05) is 24.3 Å². The molecule has 7 heteroatoms. The molecule has 1 fully saturated rings. The van der Waals surface area contributed by atoms with Crippen molar-refractivity contribution in [3.05, 3.63) is 65.0 Å². The minimum Gasteiger partial charge on any atom is -0.490 e. The maximum atomic E-state index is 10.6. The van der Waals surface area contributed by atoms with Gasteiger partial charge >= 0.3 is 0 Å². The van der Waals surface area contributed by atoms with Crippen molar-refractivity contribution in [1.29, 1.82) is 0 Å². The Hall–Kier alpha value is -3.16. The number of fused-ring (bicyclic) bond motifs is 1. The molecule has 7 nitrogen and oxygen atoms in total. The summed E-state index contributed by atoms with van der Waals surface area (Å²) in [4.78, 5) is 2.33. The molecule has 0 radical (unpaired) electrons. The van der Waals surface area contributed by atoms with Crippen LogP contribution in [0, 0.1) is 20.8 Å². The lowest BCUT2D eigenvalue weighted by Gasteiger charge is -2.33. The first kappa shape index (κ1) is 22.6. The molecule has 178 valence electrons. The number of rotatable bonds is 7. The Morgan fingerprint density at radius 3 is 2.59 bits per heavy atom. The zero-order valence-electron chi connectivity index (χ0n) is 20.0. The van der Waals surface area contributed by atoms with Crippen LogP contribution in [0.25, 0.3) is 22.6 Å². The van der Waals surface area contributed by atoms with Gasteiger partial charge in [0.2, 0.25) is 5.89 Å². The van der Waals surface area contributed by atoms with Crippen LogP contribution in [-0.4, -0.2) is 52.5 Å². The van der Waals surface area contributed by atoms with Gasteiger partial charge < -0.3 is 23.6 Å². The van der Waals surface area contributed by atoms with Gasteiger partial charge in [-0.2, -0.15) is 0 Å². The highest BCUT2D eigenvalue weighted by atomic mass is 16.5. The first-order valence-corrected chi connectivity index (χ1v) is 11.9. The molecule has 1 atom stereocenters. The van der Waals surface area contributed by atoms with E-state index in [0.717, 1.165) is 31.3 Å². The average Bonchev–Trinajstić information content (AvgIpc) is 3.46. The highest BCUT2D eigenvalue weighted by Gasteiger charge is 2.23. The zero-order valence-corrected chi connectivity index (χ0v) is 20.0. The lowest BCUT2D eigenvalue weighted by molar-refractivity contribution is 0.0599. The van der Waals surface area contributed by atoms with Gasteiger partial charge in [0.15, 0.2) is 5.76 Å². The van der Waals surface area contributed by atoms with Gasteiger partial charge in [0.1, 0.15) is 24.0 Å². The summed E-state index contributed by atoms with van der Waals surface area (Å²) in [5, 5.41) is 19.3. The molecular formula is C27H31N3O4. The van der Waals surface area contributed by atoms with Crippen molar-refractivity contribution in [2.24, 2.45) is 0 Å². The third-order valence-electron chi connectivity index (χ3n) is 6.75. The number of hydrogen-bond acceptors (Lipinski definition) is 7. The van der Waals surface area contributed by atoms with Gasteiger partial charge in [-0.1, -0.05) is 24.3 Å². The normalized spacial score (nSPS) is 16.2. The number of ether oxygens (including phenoxy) is 1. The van der Waals surface area contributed by atoms with Crippen LogP contribution in [0.4, 0.5) is 0 Å². The van der Waals surface area contributed by atoms with Crippen molar-refractivity contribution in [3.63, 3.8) is 0 Å². The van der Waals surface area contributed by atoms with E-state index >= 15 is 0 Å². The van der Waals surface area contributed by atoms with Crippen molar-refractivity contribution in [3.8, 4) is 17.4 Å². The molecule has 0 amide bonds. The van der Waals surface area contributed by atoms with E-state index in [1.54, 1.807) is 6.92 Å². The van der Waals surface area contributed by atoms with Crippen molar-refractivity contribution in [2.75, 3.05) is 26.2 Å². The Labute approximate surface area is 199 Å². The minimum absolute atomic E-state index is 0.219. The molecule has 5 rings (SSSR count). The van der Waals surface area contributed by atoms with E-state index < -0.39 is 6.10 Å². The Balaban J connectivity index is 1.16. The third-order valence-corrected chi connectivity index (χ3v) is 6.75. The number of aliphatic hydroxyl groups excluding tert-OH is 1. The Kier molecular flexibility index (Phi) is 6.39. The van der Waals surface area contributed by atoms with Gasteiger partial charge in [-0.05, 0) is 74.5 Å². The van der Waals surface area contributed by atoms with Crippen LogP contribution in [0.5, 0.6) is 5.75 Å². The van der Waals surface area contributed by atoms with Gasteiger partial charge in [-0.25, -0.2) is 0 Å². The van der Waals surface area contributed by atoms with Crippen molar-refractivity contribution < 1.29 is 18.7 Å². The van der Waals surface area contributed by atoms with E-state index in [-0.39, 0.29) is 6.61 Å². The summed E-state index contributed by atoms with van der Waals surface area (Å²) in [5.41, 5.74) is 4.82. The molecule has 1 unspecified atom stereocenters. The summed E-state index contributed by atoms with van der Waals surface area (Å²) in [5.74, 6) is 2.58. The lowest BCUT2D eigenvalue weighted by Crippen LogP contribution is -2.40. The molecule has 2 aromatic carbocycles. The van der Waals surface area contributed by atoms with Gasteiger partial charge in [0, 0.05) is 19.5 Å². The highest BCUT2D eigenvalue weighted by molar-refractivity contribution is 5.87. The summed E-state index contributed by atoms with van der Waals surface area (Å²) < 4.78 is 17.3. The summed E-state index contributed by atoms with van der Waals surface area (Å²) in [6.45, 7) is 8.87. The Morgan fingerprint density at radius 2 is 1.85 bits per heavy atom. The smallest absolute Gasteiger partial charge is 0.283 e. The molecule has 4 aromatic rings. The maximum Gasteiger partial charge on any atom is 0.283 e. The molecule has 34 heavy (non-hydrogen) atoms. The van der Waals surface area contributed by atoms with Crippen molar-refractivity contribution in [2.45, 2.75) is 45.6 Å². The second-order valence-electron chi connectivity index (χ2n) is 9.29. The van der Waals surface area contributed by atoms with E-state index in [4.69, 9.17) is 13.6 Å². The number of likely N-dealkylation sites (tertiary alicyclic amines) is 1. The van der Waals surface area contributed by atoms with Gasteiger partial charge in [-0.15, -0.1) is 10.2 Å². The Morgan fingerprint density at radius 1 is 1.03 bits per heavy atom. The lowest BCUT2D eigenvalue weighted by atomic mass is 9.88. The number of benzene rings is 2. The molecule has 3 heterocycles. The molecule has 0 aliphatic carbocycles. The minimum atomic E-state index is -0.571. The largest absolute Gasteiger partial charge is 0.490 e. The SMILES string of the molecule is Cc1nnc(-c2cc3c(OCC(O)CN4CCC(c5ccc(C)c(C)c5)CC4)cccc3o2)o1. The molecule has 0 bridgehead atoms. The predicted octanol–water partition coefficient (Wildman–Crippen LogP) is 5.03. The van der Waals surface area contributed by atoms with E-state index in [1.165, 1.54) is 16.7 Å². The standard InChI is InChI=1S/C27H31N3O4/c1-17-7-8-21(13-18(17)2)20-9-11-30(12-10-20)15-22(31)16-32-24-5-4-6-25-23(24)14-26(34-25)27-29-28-19(3)33-27/h4-8,13-14,20,22,31H,9-12,15-16H2,1-3H3. The van der Waals surface area contributed by atoms with E-state index in [2.05, 4.69) is 47.1 Å². The molecule has 1 aliphatic rings. The topological polar surface area (TPSA) is 84.8 Å². The van der Waals surface area contributed by atoms with Crippen molar-refractivity contribution >= 4 is 11.0 Å². The number of β-amino-alcohol motifs (C(OH)–C–C–N with tert-alkyl or cyclic N) is 1. The summed E-state index contributed by atoms with van der Waals surface area (Å²) in [7, 11) is 0. The monoisotopic (exact) mass is 461 g/mol. The number of aromatic nitrogens is 2. The van der Waals surface area contributed by atoms with Crippen LogP contribution in [0.1, 0.15) is 41.3 Å². The number of furan rings is 1. The molecule has 1 N–H and O–H groups in total. The van der Waals surface area contributed by atoms with Crippen LogP contribution < -0.4 is 4.74 Å². The predicted molar refractivity (Wildman–Crippen MR) is 130 cm³/mol. The van der Waals surface area contributed by atoms with Gasteiger partial charge in [0.05, 0.1) is 5.39 Å². The second kappa shape index (κ2) is 9.60. The fraction of sp³-hybridized carbons (Fsp3) is 0.407. The van der Waals surface area contributed by atoms with Gasteiger partial charge in [0.25, 0.3) is 5.89 Å². The summed E-state index contributed by atoms with van der Waals surface area (Å²) in [6, 6.07) is 14.3. The fourth-order valence-electron chi connectivity index (χ4n) is 4.67. The molecule has 0 saturated carbocycles. The van der Waals surface area contributed by atoms with Crippen molar-refractivity contribution in [1.82, 2.24) is 15.1 Å². The van der Waals surface area contributed by atoms with Crippen LogP contribution in [0.15, 0.2) is 51.3 Å². The molecular weight excluding hydrogens is 430 g/mol. The number of nitrogens with zero attached hydrogens (tertiary/aromatic N) is 3. The number of hydrogen-bond donors (Lipinski definition) is 1. The summed E-state index contributed by atoms with van der Waals surface area (Å²) in [6.07, 6.45) is 1.66. The number of aryl methyl sites for hydroxylation is 3. The fourth-order valence-corrected chi connectivity index (χ4v) is 4.67. The van der Waals surface area contributed by atoms with Crippen LogP contribution >= 0.6 is 0 Å². The molecule has 0 spiro atoms. The molecule has 1 aliphatic heterocycles. The number of aliphatic hydroxyl groups is 1. The molecule has 1 saturated heterocycles. The highest BCUT2D eigenvalue weighted by Crippen LogP contribution is 2.33. The third kappa shape index (κ3) is 4.86. The van der Waals surface area contributed by atoms with Crippen LogP contribution in [0.2, 0.25) is 0 Å².